The number of amides is 1. The van der Waals surface area contributed by atoms with Crippen molar-refractivity contribution in [2.45, 2.75) is 19.3 Å². The first-order valence-electron chi connectivity index (χ1n) is 11.1. The molecule has 0 atom stereocenters. The molecule has 0 unspecified atom stereocenters. The third kappa shape index (κ3) is 5.42. The standard InChI is InChI=1S/C27H28N2O3/c30-23-12-10-21(11-13-23)27(32)22-14-17-29(18-15-22)19-16-26(31)28-25-9-5-4-8-24(25)20-6-2-1-3-7-20/h1-13,22,30H,14-19H2,(H,28,31). The van der Waals surface area contributed by atoms with Crippen molar-refractivity contribution in [2.75, 3.05) is 25.0 Å². The van der Waals surface area contributed by atoms with Gasteiger partial charge in [0, 0.05) is 35.7 Å². The third-order valence-corrected chi connectivity index (χ3v) is 6.05. The summed E-state index contributed by atoms with van der Waals surface area (Å²) in [6.07, 6.45) is 2.00. The first-order valence-corrected chi connectivity index (χ1v) is 11.1. The SMILES string of the molecule is O=C(CCN1CCC(C(=O)c2ccc(O)cc2)CC1)Nc1ccccc1-c1ccccc1. The highest BCUT2D eigenvalue weighted by atomic mass is 16.3. The van der Waals surface area contributed by atoms with Crippen LogP contribution in [0.3, 0.4) is 0 Å². The molecule has 0 saturated carbocycles. The van der Waals surface area contributed by atoms with Crippen molar-refractivity contribution < 1.29 is 14.7 Å². The van der Waals surface area contributed by atoms with Crippen molar-refractivity contribution in [3.63, 3.8) is 0 Å². The largest absolute Gasteiger partial charge is 0.508 e. The molecule has 1 amide bonds. The molecular formula is C27H28N2O3. The quantitative estimate of drug-likeness (QED) is 0.521. The predicted molar refractivity (Wildman–Crippen MR) is 127 cm³/mol. The van der Waals surface area contributed by atoms with Crippen LogP contribution in [0.4, 0.5) is 5.69 Å². The molecule has 3 aromatic carbocycles. The van der Waals surface area contributed by atoms with E-state index in [1.54, 1.807) is 24.3 Å². The van der Waals surface area contributed by atoms with Crippen molar-refractivity contribution in [1.29, 1.82) is 0 Å². The summed E-state index contributed by atoms with van der Waals surface area (Å²) in [5.41, 5.74) is 3.55. The zero-order chi connectivity index (χ0) is 22.3. The number of piperidine rings is 1. The second-order valence-electron chi connectivity index (χ2n) is 8.24. The van der Waals surface area contributed by atoms with Gasteiger partial charge in [-0.1, -0.05) is 48.5 Å². The van der Waals surface area contributed by atoms with Gasteiger partial charge < -0.3 is 15.3 Å². The van der Waals surface area contributed by atoms with Crippen LogP contribution in [0.25, 0.3) is 11.1 Å². The third-order valence-electron chi connectivity index (χ3n) is 6.05. The van der Waals surface area contributed by atoms with Crippen molar-refractivity contribution in [3.8, 4) is 16.9 Å². The minimum absolute atomic E-state index is 0.00219. The fraction of sp³-hybridized carbons (Fsp3) is 0.259. The maximum atomic E-state index is 12.7. The molecule has 5 heteroatoms. The van der Waals surface area contributed by atoms with Crippen LogP contribution in [-0.2, 0) is 4.79 Å². The van der Waals surface area contributed by atoms with E-state index in [9.17, 15) is 14.7 Å². The predicted octanol–water partition coefficient (Wildman–Crippen LogP) is 4.98. The van der Waals surface area contributed by atoms with Crippen LogP contribution in [0.1, 0.15) is 29.6 Å². The number of nitrogens with one attached hydrogen (secondary N) is 1. The lowest BCUT2D eigenvalue weighted by atomic mass is 9.89. The number of Topliss-reactive ketones (excluding diaryl/α,β-unsaturated/α-hetero) is 1. The number of hydrogen-bond donors (Lipinski definition) is 2. The van der Waals surface area contributed by atoms with Crippen LogP contribution in [0.5, 0.6) is 5.75 Å². The fourth-order valence-corrected chi connectivity index (χ4v) is 4.21. The van der Waals surface area contributed by atoms with E-state index in [4.69, 9.17) is 0 Å². The number of benzene rings is 3. The van der Waals surface area contributed by atoms with E-state index >= 15 is 0 Å². The summed E-state index contributed by atoms with van der Waals surface area (Å²) >= 11 is 0. The van der Waals surface area contributed by atoms with Crippen molar-refractivity contribution in [1.82, 2.24) is 4.90 Å². The number of carbonyl (C=O) groups is 2. The zero-order valence-electron chi connectivity index (χ0n) is 18.0. The van der Waals surface area contributed by atoms with E-state index in [1.807, 2.05) is 54.6 Å². The van der Waals surface area contributed by atoms with Gasteiger partial charge in [0.1, 0.15) is 5.75 Å². The molecule has 1 fully saturated rings. The highest BCUT2D eigenvalue weighted by Gasteiger charge is 2.26. The number of phenols is 1. The first-order chi connectivity index (χ1) is 15.6. The maximum Gasteiger partial charge on any atom is 0.225 e. The molecule has 164 valence electrons. The Bertz CT molecular complexity index is 1060. The van der Waals surface area contributed by atoms with Gasteiger partial charge in [-0.25, -0.2) is 0 Å². The number of aromatic hydroxyl groups is 1. The van der Waals surface area contributed by atoms with Crippen LogP contribution >= 0.6 is 0 Å². The van der Waals surface area contributed by atoms with Crippen LogP contribution in [0.2, 0.25) is 0 Å². The Balaban J connectivity index is 1.26. The Morgan fingerprint density at radius 1 is 0.875 bits per heavy atom. The minimum atomic E-state index is -0.00401. The molecule has 5 nitrogen and oxygen atoms in total. The summed E-state index contributed by atoms with van der Waals surface area (Å²) < 4.78 is 0. The summed E-state index contributed by atoms with van der Waals surface area (Å²) in [7, 11) is 0. The van der Waals surface area contributed by atoms with Crippen LogP contribution in [0.15, 0.2) is 78.9 Å². The van der Waals surface area contributed by atoms with Crippen molar-refractivity contribution in [2.24, 2.45) is 5.92 Å². The smallest absolute Gasteiger partial charge is 0.225 e. The second-order valence-corrected chi connectivity index (χ2v) is 8.24. The number of hydrogen-bond acceptors (Lipinski definition) is 4. The number of rotatable bonds is 7. The molecule has 32 heavy (non-hydrogen) atoms. The summed E-state index contributed by atoms with van der Waals surface area (Å²) in [6.45, 7) is 2.30. The molecule has 0 bridgehead atoms. The average Bonchev–Trinajstić information content (AvgIpc) is 2.84. The summed E-state index contributed by atoms with van der Waals surface area (Å²) in [5, 5.41) is 12.5. The summed E-state index contributed by atoms with van der Waals surface area (Å²) in [6, 6.07) is 24.3. The highest BCUT2D eigenvalue weighted by Crippen LogP contribution is 2.28. The Hall–Kier alpha value is -3.44. The number of para-hydroxylation sites is 1. The number of likely N-dealkylation sites (tertiary alicyclic amines) is 1. The van der Waals surface area contributed by atoms with E-state index in [2.05, 4.69) is 10.2 Å². The number of anilines is 1. The maximum absolute atomic E-state index is 12.7. The van der Waals surface area contributed by atoms with Gasteiger partial charge in [-0.2, -0.15) is 0 Å². The lowest BCUT2D eigenvalue weighted by Gasteiger charge is -2.31. The van der Waals surface area contributed by atoms with Crippen LogP contribution < -0.4 is 5.32 Å². The zero-order valence-corrected chi connectivity index (χ0v) is 18.0. The topological polar surface area (TPSA) is 69.6 Å². The fourth-order valence-electron chi connectivity index (χ4n) is 4.21. The van der Waals surface area contributed by atoms with Gasteiger partial charge in [0.2, 0.25) is 5.91 Å². The molecular weight excluding hydrogens is 400 g/mol. The molecule has 2 N–H and O–H groups in total. The number of carbonyl (C=O) groups excluding carboxylic acids is 2. The molecule has 1 saturated heterocycles. The lowest BCUT2D eigenvalue weighted by molar-refractivity contribution is -0.116. The average molecular weight is 429 g/mol. The number of nitrogens with zero attached hydrogens (tertiary/aromatic N) is 1. The van der Waals surface area contributed by atoms with E-state index in [1.165, 1.54) is 0 Å². The van der Waals surface area contributed by atoms with E-state index < -0.39 is 0 Å². The Morgan fingerprint density at radius 3 is 2.25 bits per heavy atom. The van der Waals surface area contributed by atoms with Crippen LogP contribution in [0, 0.1) is 5.92 Å². The summed E-state index contributed by atoms with van der Waals surface area (Å²) in [5.74, 6) is 0.305. The summed E-state index contributed by atoms with van der Waals surface area (Å²) in [4.78, 5) is 27.5. The number of phenolic OH excluding ortho intramolecular Hbond substituents is 1. The molecule has 1 aliphatic heterocycles. The first kappa shape index (κ1) is 21.8. The molecule has 1 aliphatic rings. The molecule has 4 rings (SSSR count). The Labute approximate surface area is 188 Å². The van der Waals surface area contributed by atoms with Crippen molar-refractivity contribution >= 4 is 17.4 Å². The highest BCUT2D eigenvalue weighted by molar-refractivity contribution is 5.98. The minimum Gasteiger partial charge on any atom is -0.508 e. The van der Waals surface area contributed by atoms with Gasteiger partial charge >= 0.3 is 0 Å². The van der Waals surface area contributed by atoms with E-state index in [-0.39, 0.29) is 23.4 Å². The normalized spacial score (nSPS) is 14.8. The molecule has 0 aromatic heterocycles. The Morgan fingerprint density at radius 2 is 1.53 bits per heavy atom. The lowest BCUT2D eigenvalue weighted by Crippen LogP contribution is -2.38. The molecule has 3 aromatic rings. The molecule has 0 radical (unpaired) electrons. The van der Waals surface area contributed by atoms with E-state index in [0.29, 0.717) is 18.5 Å². The van der Waals surface area contributed by atoms with Crippen LogP contribution in [-0.4, -0.2) is 41.3 Å². The van der Waals surface area contributed by atoms with E-state index in [0.717, 1.165) is 42.7 Å². The van der Waals surface area contributed by atoms with Gasteiger partial charge in [0.05, 0.1) is 0 Å². The van der Waals surface area contributed by atoms with Gasteiger partial charge in [0.25, 0.3) is 0 Å². The van der Waals surface area contributed by atoms with Gasteiger partial charge in [-0.05, 0) is 61.8 Å². The number of ketones is 1. The second kappa shape index (κ2) is 10.2. The van der Waals surface area contributed by atoms with Gasteiger partial charge in [0.15, 0.2) is 5.78 Å². The molecule has 1 heterocycles. The molecule has 0 aliphatic carbocycles. The molecule has 0 spiro atoms. The Kier molecular flexibility index (Phi) is 6.97. The monoisotopic (exact) mass is 428 g/mol. The van der Waals surface area contributed by atoms with Crippen molar-refractivity contribution in [3.05, 3.63) is 84.4 Å². The van der Waals surface area contributed by atoms with Gasteiger partial charge in [-0.3, -0.25) is 9.59 Å². The van der Waals surface area contributed by atoms with Gasteiger partial charge in [-0.15, -0.1) is 0 Å².